The largest absolute Gasteiger partial charge is 0.461 e. The van der Waals surface area contributed by atoms with Crippen molar-refractivity contribution in [2.45, 2.75) is 12.6 Å². The highest BCUT2D eigenvalue weighted by Crippen LogP contribution is 2.26. The fraction of sp³-hybridized carbons (Fsp3) is 0.500. The number of methoxy groups -OCH3 is 1. The van der Waals surface area contributed by atoms with E-state index in [0.717, 1.165) is 7.11 Å². The summed E-state index contributed by atoms with van der Waals surface area (Å²) < 4.78 is 43.8. The van der Waals surface area contributed by atoms with Crippen LogP contribution in [0.2, 0.25) is 0 Å². The average molecular weight is 226 g/mol. The lowest BCUT2D eigenvalue weighted by Gasteiger charge is -2.09. The van der Waals surface area contributed by atoms with Crippen molar-refractivity contribution in [3.63, 3.8) is 0 Å². The van der Waals surface area contributed by atoms with Crippen LogP contribution in [-0.4, -0.2) is 31.8 Å². The first kappa shape index (κ1) is 13.5. The maximum atomic E-state index is 11.9. The molecular formula is C8H9F3O4. The van der Waals surface area contributed by atoms with Crippen LogP contribution in [-0.2, 0) is 19.1 Å². The van der Waals surface area contributed by atoms with Crippen molar-refractivity contribution < 1.29 is 32.2 Å². The lowest BCUT2D eigenvalue weighted by atomic mass is 10.2. The minimum absolute atomic E-state index is 0.563. The van der Waals surface area contributed by atoms with Crippen molar-refractivity contribution in [3.05, 3.63) is 12.2 Å². The molecule has 0 rings (SSSR count). The summed E-state index contributed by atoms with van der Waals surface area (Å²) in [4.78, 5) is 21.0. The highest BCUT2D eigenvalue weighted by molar-refractivity contribution is 6.29. The Labute approximate surface area is 83.7 Å². The van der Waals surface area contributed by atoms with E-state index in [1.807, 2.05) is 0 Å². The fourth-order valence-electron chi connectivity index (χ4n) is 0.551. The van der Waals surface area contributed by atoms with Crippen LogP contribution in [0, 0.1) is 0 Å². The Morgan fingerprint density at radius 1 is 1.27 bits per heavy atom. The van der Waals surface area contributed by atoms with Crippen LogP contribution in [0.15, 0.2) is 12.2 Å². The molecule has 0 unspecified atom stereocenters. The number of rotatable bonds is 3. The molecule has 4 nitrogen and oxygen atoms in total. The van der Waals surface area contributed by atoms with E-state index in [1.165, 1.54) is 0 Å². The molecule has 0 aromatic carbocycles. The lowest BCUT2D eigenvalue weighted by molar-refractivity contribution is -0.166. The molecule has 86 valence electrons. The summed E-state index contributed by atoms with van der Waals surface area (Å²) in [5.41, 5.74) is -1.03. The summed E-state index contributed by atoms with van der Waals surface area (Å²) in [5, 5.41) is 0. The molecule has 0 saturated heterocycles. The van der Waals surface area contributed by atoms with E-state index in [1.54, 1.807) is 0 Å². The quantitative estimate of drug-likeness (QED) is 0.412. The molecule has 0 radical (unpaired) electrons. The number of hydrogen-bond donors (Lipinski definition) is 0. The summed E-state index contributed by atoms with van der Waals surface area (Å²) in [6.07, 6.45) is -5.09. The first-order valence-corrected chi connectivity index (χ1v) is 3.79. The molecule has 0 atom stereocenters. The Balaban J connectivity index is 3.86. The van der Waals surface area contributed by atoms with Gasteiger partial charge in [0.15, 0.2) is 0 Å². The molecule has 7 heteroatoms. The molecule has 0 heterocycles. The molecule has 15 heavy (non-hydrogen) atoms. The summed E-state index contributed by atoms with van der Waals surface area (Å²) in [6, 6.07) is 0. The standard InChI is InChI=1S/C8H9F3O4/c1-5(8(9,10)11)3-4-15-7(13)6(12)14-2/h1,3-4H2,2H3. The topological polar surface area (TPSA) is 52.6 Å². The predicted molar refractivity (Wildman–Crippen MR) is 42.8 cm³/mol. The van der Waals surface area contributed by atoms with E-state index < -0.39 is 36.7 Å². The lowest BCUT2D eigenvalue weighted by Crippen LogP contribution is -2.20. The Bertz CT molecular complexity index is 270. The van der Waals surface area contributed by atoms with Crippen molar-refractivity contribution in [2.75, 3.05) is 13.7 Å². The second kappa shape index (κ2) is 5.38. The second-order valence-corrected chi connectivity index (χ2v) is 2.48. The van der Waals surface area contributed by atoms with Gasteiger partial charge in [0.25, 0.3) is 0 Å². The fourth-order valence-corrected chi connectivity index (χ4v) is 0.551. The van der Waals surface area contributed by atoms with Crippen LogP contribution < -0.4 is 0 Å². The van der Waals surface area contributed by atoms with Gasteiger partial charge in [0.1, 0.15) is 0 Å². The molecule has 0 saturated carbocycles. The minimum atomic E-state index is -4.52. The normalized spacial score (nSPS) is 10.7. The third-order valence-corrected chi connectivity index (χ3v) is 1.39. The van der Waals surface area contributed by atoms with Gasteiger partial charge in [-0.3, -0.25) is 0 Å². The van der Waals surface area contributed by atoms with Gasteiger partial charge < -0.3 is 9.47 Å². The number of carbonyl (C=O) groups excluding carboxylic acids is 2. The van der Waals surface area contributed by atoms with Gasteiger partial charge in [-0.15, -0.1) is 0 Å². The predicted octanol–water partition coefficient (Wildman–Crippen LogP) is 1.21. The van der Waals surface area contributed by atoms with Crippen molar-refractivity contribution in [1.29, 1.82) is 0 Å². The molecule has 0 aromatic heterocycles. The Morgan fingerprint density at radius 3 is 2.20 bits per heavy atom. The van der Waals surface area contributed by atoms with Gasteiger partial charge in [-0.1, -0.05) is 6.58 Å². The highest BCUT2D eigenvalue weighted by atomic mass is 19.4. The van der Waals surface area contributed by atoms with Crippen LogP contribution in [0.25, 0.3) is 0 Å². The smallest absolute Gasteiger partial charge is 0.417 e. The monoisotopic (exact) mass is 226 g/mol. The molecule has 0 bridgehead atoms. The average Bonchev–Trinajstić information content (AvgIpc) is 2.14. The highest BCUT2D eigenvalue weighted by Gasteiger charge is 2.31. The Morgan fingerprint density at radius 2 is 1.80 bits per heavy atom. The molecule has 0 fully saturated rings. The molecule has 0 amide bonds. The summed E-state index contributed by atoms with van der Waals surface area (Å²) >= 11 is 0. The number of carbonyl (C=O) groups is 2. The van der Waals surface area contributed by atoms with Crippen molar-refractivity contribution in [2.24, 2.45) is 0 Å². The zero-order valence-corrected chi connectivity index (χ0v) is 7.89. The van der Waals surface area contributed by atoms with E-state index in [2.05, 4.69) is 16.1 Å². The molecule has 0 aliphatic carbocycles. The first-order valence-electron chi connectivity index (χ1n) is 3.79. The van der Waals surface area contributed by atoms with Crippen LogP contribution >= 0.6 is 0 Å². The van der Waals surface area contributed by atoms with E-state index in [9.17, 15) is 22.8 Å². The number of alkyl halides is 3. The summed E-state index contributed by atoms with van der Waals surface area (Å²) in [5.74, 6) is -2.58. The number of esters is 2. The zero-order valence-electron chi connectivity index (χ0n) is 7.89. The number of hydrogen-bond acceptors (Lipinski definition) is 4. The van der Waals surface area contributed by atoms with Gasteiger partial charge in [0.2, 0.25) is 0 Å². The molecule has 0 spiro atoms. The van der Waals surface area contributed by atoms with E-state index in [0.29, 0.717) is 0 Å². The van der Waals surface area contributed by atoms with Crippen molar-refractivity contribution >= 4 is 11.9 Å². The molecule has 0 aromatic rings. The van der Waals surface area contributed by atoms with Crippen molar-refractivity contribution in [1.82, 2.24) is 0 Å². The number of ether oxygens (including phenoxy) is 2. The van der Waals surface area contributed by atoms with Gasteiger partial charge in [0.05, 0.1) is 13.7 Å². The third kappa shape index (κ3) is 5.04. The van der Waals surface area contributed by atoms with Crippen LogP contribution in [0.3, 0.4) is 0 Å². The van der Waals surface area contributed by atoms with Gasteiger partial charge in [-0.05, 0) is 0 Å². The molecular weight excluding hydrogens is 217 g/mol. The van der Waals surface area contributed by atoms with Gasteiger partial charge in [-0.25, -0.2) is 9.59 Å². The number of halogens is 3. The molecule has 0 aliphatic heterocycles. The molecule has 0 N–H and O–H groups in total. The van der Waals surface area contributed by atoms with E-state index >= 15 is 0 Å². The van der Waals surface area contributed by atoms with Crippen LogP contribution in [0.1, 0.15) is 6.42 Å². The molecule has 0 aliphatic rings. The van der Waals surface area contributed by atoms with Gasteiger partial charge >= 0.3 is 18.1 Å². The zero-order chi connectivity index (χ0) is 12.1. The van der Waals surface area contributed by atoms with Gasteiger partial charge in [0, 0.05) is 12.0 Å². The third-order valence-electron chi connectivity index (χ3n) is 1.39. The van der Waals surface area contributed by atoms with Gasteiger partial charge in [-0.2, -0.15) is 13.2 Å². The minimum Gasteiger partial charge on any atom is -0.461 e. The second-order valence-electron chi connectivity index (χ2n) is 2.48. The maximum Gasteiger partial charge on any atom is 0.417 e. The SMILES string of the molecule is C=C(CCOC(=O)C(=O)OC)C(F)(F)F. The Hall–Kier alpha value is -1.53. The maximum absolute atomic E-state index is 11.9. The van der Waals surface area contributed by atoms with E-state index in [4.69, 9.17) is 0 Å². The summed E-state index contributed by atoms with van der Waals surface area (Å²) in [7, 11) is 0.957. The summed E-state index contributed by atoms with van der Waals surface area (Å²) in [6.45, 7) is 2.19. The Kier molecular flexibility index (Phi) is 4.83. The van der Waals surface area contributed by atoms with Crippen molar-refractivity contribution in [3.8, 4) is 0 Å². The first-order chi connectivity index (χ1) is 6.79. The van der Waals surface area contributed by atoms with Crippen LogP contribution in [0.5, 0.6) is 0 Å². The van der Waals surface area contributed by atoms with E-state index in [-0.39, 0.29) is 0 Å². The van der Waals surface area contributed by atoms with Crippen LogP contribution in [0.4, 0.5) is 13.2 Å².